The Balaban J connectivity index is 1.88. The zero-order chi connectivity index (χ0) is 20.4. The third-order valence-corrected chi connectivity index (χ3v) is 4.95. The van der Waals surface area contributed by atoms with Crippen molar-refractivity contribution < 1.29 is 23.5 Å². The summed E-state index contributed by atoms with van der Waals surface area (Å²) < 4.78 is 25.2. The van der Waals surface area contributed by atoms with Crippen LogP contribution < -0.4 is 10.1 Å². The lowest BCUT2D eigenvalue weighted by Gasteiger charge is -2.21. The molecule has 7 heteroatoms. The first-order valence-electron chi connectivity index (χ1n) is 9.08. The Morgan fingerprint density at radius 2 is 2.07 bits per heavy atom. The van der Waals surface area contributed by atoms with E-state index in [4.69, 9.17) is 9.47 Å². The minimum absolute atomic E-state index is 0.138. The number of benzene rings is 1. The van der Waals surface area contributed by atoms with Crippen LogP contribution in [0.15, 0.2) is 30.5 Å². The molecule has 0 bridgehead atoms. The fourth-order valence-corrected chi connectivity index (χ4v) is 3.58. The molecular weight excluding hydrogens is 363 g/mol. The van der Waals surface area contributed by atoms with E-state index in [1.807, 2.05) is 6.92 Å². The summed E-state index contributed by atoms with van der Waals surface area (Å²) in [5.74, 6) is -0.728. The van der Waals surface area contributed by atoms with Crippen LogP contribution in [0.3, 0.4) is 0 Å². The van der Waals surface area contributed by atoms with E-state index in [9.17, 15) is 14.0 Å². The van der Waals surface area contributed by atoms with Crippen LogP contribution in [0, 0.1) is 12.7 Å². The van der Waals surface area contributed by atoms with Crippen molar-refractivity contribution in [2.75, 3.05) is 12.4 Å². The minimum atomic E-state index is -0.761. The maximum absolute atomic E-state index is 13.9. The number of amides is 1. The number of carbonyl (C=O) groups excluding carboxylic acids is 2. The lowest BCUT2D eigenvalue weighted by molar-refractivity contribution is -0.126. The summed E-state index contributed by atoms with van der Waals surface area (Å²) in [5.41, 5.74) is 1.88. The van der Waals surface area contributed by atoms with Crippen LogP contribution >= 0.6 is 0 Å². The highest BCUT2D eigenvalue weighted by Gasteiger charge is 2.40. The molecule has 6 nitrogen and oxygen atoms in total. The van der Waals surface area contributed by atoms with Crippen molar-refractivity contribution in [3.63, 3.8) is 0 Å². The summed E-state index contributed by atoms with van der Waals surface area (Å²) in [6.45, 7) is 4.95. The molecule has 2 aromatic rings. The van der Waals surface area contributed by atoms with E-state index in [-0.39, 0.29) is 35.2 Å². The third kappa shape index (κ3) is 3.89. The van der Waals surface area contributed by atoms with Gasteiger partial charge in [-0.2, -0.15) is 0 Å². The number of nitrogens with one attached hydrogen (secondary N) is 1. The van der Waals surface area contributed by atoms with Gasteiger partial charge >= 0.3 is 0 Å². The Morgan fingerprint density at radius 1 is 1.32 bits per heavy atom. The average Bonchev–Trinajstić information content (AvgIpc) is 3.05. The predicted octanol–water partition coefficient (Wildman–Crippen LogP) is 3.64. The first kappa shape index (κ1) is 19.9. The molecule has 1 aromatic carbocycles. The van der Waals surface area contributed by atoms with Gasteiger partial charge in [-0.25, -0.2) is 4.39 Å². The summed E-state index contributed by atoms with van der Waals surface area (Å²) in [6.07, 6.45) is 1.17. The van der Waals surface area contributed by atoms with Gasteiger partial charge < -0.3 is 14.8 Å². The number of Topliss-reactive ketones (excluding diaryl/α,β-unsaturated/α-hetero) is 1. The average molecular weight is 386 g/mol. The molecular formula is C21H23FN2O4. The molecule has 1 aliphatic rings. The Labute approximate surface area is 163 Å². The van der Waals surface area contributed by atoms with Crippen molar-refractivity contribution in [3.05, 3.63) is 53.1 Å². The molecule has 0 saturated carbocycles. The van der Waals surface area contributed by atoms with Crippen LogP contribution in [-0.2, 0) is 9.53 Å². The van der Waals surface area contributed by atoms with Crippen LogP contribution in [0.5, 0.6) is 5.75 Å². The van der Waals surface area contributed by atoms with Crippen molar-refractivity contribution in [1.29, 1.82) is 0 Å². The Morgan fingerprint density at radius 3 is 2.75 bits per heavy atom. The number of hydrogen-bond acceptors (Lipinski definition) is 5. The molecule has 1 aromatic heterocycles. The van der Waals surface area contributed by atoms with E-state index in [0.29, 0.717) is 23.4 Å². The normalized spacial score (nSPS) is 21.4. The smallest absolute Gasteiger partial charge is 0.254 e. The van der Waals surface area contributed by atoms with E-state index in [1.54, 1.807) is 19.1 Å². The highest BCUT2D eigenvalue weighted by molar-refractivity contribution is 5.97. The van der Waals surface area contributed by atoms with Gasteiger partial charge in [0.15, 0.2) is 5.78 Å². The molecule has 2 heterocycles. The van der Waals surface area contributed by atoms with Crippen molar-refractivity contribution in [3.8, 4) is 5.75 Å². The fraction of sp³-hybridized carbons (Fsp3) is 0.381. The van der Waals surface area contributed by atoms with Gasteiger partial charge in [-0.05, 0) is 38.5 Å². The van der Waals surface area contributed by atoms with Crippen molar-refractivity contribution in [2.45, 2.75) is 45.3 Å². The van der Waals surface area contributed by atoms with Gasteiger partial charge in [0.25, 0.3) is 5.91 Å². The molecule has 3 atom stereocenters. The molecule has 1 N–H and O–H groups in total. The SMILES string of the molecule is COc1c([C@H]2C[C@@H](C)O[C@@H]2C(=O)Nc2ccnc(C(C)=O)c2)ccc(F)c1C. The number of ketones is 1. The lowest BCUT2D eigenvalue weighted by atomic mass is 9.88. The number of carbonyl (C=O) groups is 2. The number of aromatic nitrogens is 1. The second-order valence-electron chi connectivity index (χ2n) is 6.98. The van der Waals surface area contributed by atoms with Gasteiger partial charge in [0.2, 0.25) is 0 Å². The van der Waals surface area contributed by atoms with Crippen LogP contribution in [0.1, 0.15) is 47.8 Å². The second-order valence-corrected chi connectivity index (χ2v) is 6.98. The van der Waals surface area contributed by atoms with E-state index in [1.165, 1.54) is 32.4 Å². The van der Waals surface area contributed by atoms with Gasteiger partial charge in [-0.15, -0.1) is 0 Å². The van der Waals surface area contributed by atoms with E-state index < -0.39 is 6.10 Å². The highest BCUT2D eigenvalue weighted by atomic mass is 19.1. The molecule has 0 spiro atoms. The van der Waals surface area contributed by atoms with E-state index >= 15 is 0 Å². The summed E-state index contributed by atoms with van der Waals surface area (Å²) >= 11 is 0. The number of methoxy groups -OCH3 is 1. The van der Waals surface area contributed by atoms with Gasteiger partial charge in [0, 0.05) is 35.9 Å². The van der Waals surface area contributed by atoms with Gasteiger partial charge in [0.05, 0.1) is 13.2 Å². The first-order chi connectivity index (χ1) is 13.3. The van der Waals surface area contributed by atoms with Gasteiger partial charge in [-0.3, -0.25) is 14.6 Å². The van der Waals surface area contributed by atoms with Crippen molar-refractivity contribution in [1.82, 2.24) is 4.98 Å². The topological polar surface area (TPSA) is 77.5 Å². The molecule has 1 saturated heterocycles. The number of halogens is 1. The first-order valence-corrected chi connectivity index (χ1v) is 9.08. The lowest BCUT2D eigenvalue weighted by Crippen LogP contribution is -2.32. The molecule has 28 heavy (non-hydrogen) atoms. The zero-order valence-corrected chi connectivity index (χ0v) is 16.3. The highest BCUT2D eigenvalue weighted by Crippen LogP contribution is 2.41. The summed E-state index contributed by atoms with van der Waals surface area (Å²) in [6, 6.07) is 6.16. The van der Waals surface area contributed by atoms with Crippen LogP contribution in [0.4, 0.5) is 10.1 Å². The van der Waals surface area contributed by atoms with Gasteiger partial charge in [0.1, 0.15) is 23.4 Å². The van der Waals surface area contributed by atoms with Crippen LogP contribution in [-0.4, -0.2) is 36.0 Å². The molecule has 1 amide bonds. The number of nitrogens with zero attached hydrogens (tertiary/aromatic N) is 1. The number of hydrogen-bond donors (Lipinski definition) is 1. The standard InChI is InChI=1S/C21H23FN2O4/c1-11-9-16(15-5-6-17(22)12(2)19(15)27-4)20(28-11)21(26)24-14-7-8-23-18(10-14)13(3)25/h5-8,10-11,16,20H,9H2,1-4H3,(H,23,24,26)/t11-,16-,20+/m1/s1. The summed E-state index contributed by atoms with van der Waals surface area (Å²) in [7, 11) is 1.49. The van der Waals surface area contributed by atoms with Crippen LogP contribution in [0.25, 0.3) is 0 Å². The molecule has 0 unspecified atom stereocenters. The number of rotatable bonds is 5. The Kier molecular flexibility index (Phi) is 5.74. The van der Waals surface area contributed by atoms with Gasteiger partial charge in [-0.1, -0.05) is 6.07 Å². The van der Waals surface area contributed by atoms with Crippen molar-refractivity contribution in [2.24, 2.45) is 0 Å². The third-order valence-electron chi connectivity index (χ3n) is 4.95. The number of ether oxygens (including phenoxy) is 2. The maximum atomic E-state index is 13.9. The molecule has 148 valence electrons. The Bertz CT molecular complexity index is 915. The van der Waals surface area contributed by atoms with Crippen molar-refractivity contribution >= 4 is 17.4 Å². The summed E-state index contributed by atoms with van der Waals surface area (Å²) in [5, 5.41) is 2.79. The quantitative estimate of drug-likeness (QED) is 0.794. The predicted molar refractivity (Wildman–Crippen MR) is 102 cm³/mol. The molecule has 1 fully saturated rings. The summed E-state index contributed by atoms with van der Waals surface area (Å²) in [4.78, 5) is 28.4. The number of anilines is 1. The minimum Gasteiger partial charge on any atom is -0.496 e. The Hall–Kier alpha value is -2.80. The number of pyridine rings is 1. The fourth-order valence-electron chi connectivity index (χ4n) is 3.58. The van der Waals surface area contributed by atoms with Crippen LogP contribution in [0.2, 0.25) is 0 Å². The molecule has 0 radical (unpaired) electrons. The molecule has 0 aliphatic carbocycles. The maximum Gasteiger partial charge on any atom is 0.254 e. The van der Waals surface area contributed by atoms with E-state index in [2.05, 4.69) is 10.3 Å². The molecule has 1 aliphatic heterocycles. The largest absolute Gasteiger partial charge is 0.496 e. The second kappa shape index (κ2) is 8.06. The zero-order valence-electron chi connectivity index (χ0n) is 16.3. The monoisotopic (exact) mass is 386 g/mol. The molecule has 3 rings (SSSR count). The van der Waals surface area contributed by atoms with E-state index in [0.717, 1.165) is 5.56 Å².